The Hall–Kier alpha value is -3.46. The molecule has 8 nitrogen and oxygen atoms in total. The van der Waals surface area contributed by atoms with Gasteiger partial charge in [-0.3, -0.25) is 9.59 Å². The lowest BCUT2D eigenvalue weighted by molar-refractivity contribution is -0.165. The summed E-state index contributed by atoms with van der Waals surface area (Å²) in [5, 5.41) is 9.49. The minimum absolute atomic E-state index is 0.126. The van der Waals surface area contributed by atoms with Crippen LogP contribution in [0.3, 0.4) is 0 Å². The van der Waals surface area contributed by atoms with Gasteiger partial charge in [0.15, 0.2) is 11.0 Å². The van der Waals surface area contributed by atoms with E-state index in [9.17, 15) is 14.4 Å². The normalized spacial score (nSPS) is 12.9. The van der Waals surface area contributed by atoms with E-state index in [1.807, 2.05) is 42.7 Å². The number of amides is 2. The summed E-state index contributed by atoms with van der Waals surface area (Å²) >= 11 is 1.13. The van der Waals surface area contributed by atoms with Gasteiger partial charge in [-0.15, -0.1) is 10.2 Å². The summed E-state index contributed by atoms with van der Waals surface area (Å²) in [5.41, 5.74) is 2.48. The van der Waals surface area contributed by atoms with Crippen molar-refractivity contribution in [2.45, 2.75) is 25.5 Å². The number of hydroxylamine groups is 2. The van der Waals surface area contributed by atoms with Gasteiger partial charge in [0, 0.05) is 12.1 Å². The molecule has 152 valence electrons. The fourth-order valence-corrected chi connectivity index (χ4v) is 3.95. The summed E-state index contributed by atoms with van der Waals surface area (Å²) < 4.78 is 1.90. The lowest BCUT2D eigenvalue weighted by Gasteiger charge is -2.12. The molecule has 0 spiro atoms. The molecule has 2 amide bonds. The molecular formula is C21H18N4O4S. The Morgan fingerprint density at radius 3 is 2.37 bits per heavy atom. The maximum absolute atomic E-state index is 12.3. The molecule has 0 radical (unpaired) electrons. The highest BCUT2D eigenvalue weighted by Gasteiger charge is 2.38. The van der Waals surface area contributed by atoms with Crippen LogP contribution >= 0.6 is 11.8 Å². The van der Waals surface area contributed by atoms with E-state index in [4.69, 9.17) is 4.84 Å². The Kier molecular flexibility index (Phi) is 5.37. The molecule has 3 aromatic rings. The highest BCUT2D eigenvalue weighted by Crippen LogP contribution is 2.26. The fraction of sp³-hybridized carbons (Fsp3) is 0.190. The van der Waals surface area contributed by atoms with Crippen LogP contribution in [0, 0.1) is 6.92 Å². The first-order chi connectivity index (χ1) is 14.5. The Morgan fingerprint density at radius 1 is 1.03 bits per heavy atom. The topological polar surface area (TPSA) is 94.4 Å². The van der Waals surface area contributed by atoms with E-state index in [1.54, 1.807) is 12.1 Å². The van der Waals surface area contributed by atoms with Crippen LogP contribution in [0.4, 0.5) is 0 Å². The monoisotopic (exact) mass is 422 g/mol. The molecular weight excluding hydrogens is 404 g/mol. The van der Waals surface area contributed by atoms with Gasteiger partial charge in [0.2, 0.25) is 0 Å². The molecule has 30 heavy (non-hydrogen) atoms. The first-order valence-corrected chi connectivity index (χ1v) is 10.3. The molecule has 2 heterocycles. The zero-order valence-electron chi connectivity index (χ0n) is 16.4. The van der Waals surface area contributed by atoms with Gasteiger partial charge in [-0.05, 0) is 32.0 Å². The minimum atomic E-state index is -0.725. The summed E-state index contributed by atoms with van der Waals surface area (Å²) in [7, 11) is 0. The van der Waals surface area contributed by atoms with Gasteiger partial charge < -0.3 is 9.40 Å². The second-order valence-corrected chi connectivity index (χ2v) is 7.56. The maximum atomic E-state index is 12.3. The molecule has 0 N–H and O–H groups in total. The molecule has 0 bridgehead atoms. The Morgan fingerprint density at radius 2 is 1.73 bits per heavy atom. The third kappa shape index (κ3) is 3.59. The second kappa shape index (κ2) is 8.11. The number of aromatic nitrogens is 3. The number of benzene rings is 2. The number of aryl methyl sites for hydroxylation is 1. The molecule has 1 aromatic heterocycles. The summed E-state index contributed by atoms with van der Waals surface area (Å²) in [6.45, 7) is 4.58. The van der Waals surface area contributed by atoms with Crippen LogP contribution in [-0.2, 0) is 16.2 Å². The summed E-state index contributed by atoms with van der Waals surface area (Å²) in [6, 6.07) is 14.3. The number of carbonyl (C=O) groups is 3. The van der Waals surface area contributed by atoms with E-state index in [2.05, 4.69) is 10.2 Å². The molecule has 2 aromatic carbocycles. The quantitative estimate of drug-likeness (QED) is 0.445. The number of thioether (sulfide) groups is 1. The van der Waals surface area contributed by atoms with Gasteiger partial charge in [0.25, 0.3) is 11.8 Å². The standard InChI is InChI=1S/C21H18N4O4S/c1-3-24-18(14-8-6-7-13(2)11-14)22-23-21(24)30-12-17(26)29-25-19(27)15-9-4-5-10-16(15)20(25)28/h4-11H,3,12H2,1-2H3. The third-order valence-corrected chi connectivity index (χ3v) is 5.52. The van der Waals surface area contributed by atoms with Crippen LogP contribution in [0.5, 0.6) is 0 Å². The Labute approximate surface area is 176 Å². The summed E-state index contributed by atoms with van der Waals surface area (Å²) in [6.07, 6.45) is 0. The van der Waals surface area contributed by atoms with Crippen LogP contribution in [0.15, 0.2) is 53.7 Å². The van der Waals surface area contributed by atoms with E-state index < -0.39 is 17.8 Å². The molecule has 0 fully saturated rings. The van der Waals surface area contributed by atoms with Crippen LogP contribution in [0.25, 0.3) is 11.4 Å². The van der Waals surface area contributed by atoms with Crippen molar-refractivity contribution < 1.29 is 19.2 Å². The smallest absolute Gasteiger partial charge is 0.329 e. The molecule has 1 aliphatic heterocycles. The van der Waals surface area contributed by atoms with Crippen LogP contribution in [0.2, 0.25) is 0 Å². The molecule has 9 heteroatoms. The summed E-state index contributed by atoms with van der Waals surface area (Å²) in [5.74, 6) is -1.44. The SMILES string of the molecule is CCn1c(SCC(=O)ON2C(=O)c3ccccc3C2=O)nnc1-c1cccc(C)c1. The Bertz CT molecular complexity index is 1120. The van der Waals surface area contributed by atoms with Crippen molar-refractivity contribution in [2.75, 3.05) is 5.75 Å². The molecule has 0 saturated heterocycles. The first-order valence-electron chi connectivity index (χ1n) is 9.31. The van der Waals surface area contributed by atoms with Crippen LogP contribution in [0.1, 0.15) is 33.2 Å². The van der Waals surface area contributed by atoms with Gasteiger partial charge in [0.05, 0.1) is 11.1 Å². The van der Waals surface area contributed by atoms with Gasteiger partial charge >= 0.3 is 5.97 Å². The minimum Gasteiger partial charge on any atom is -0.329 e. The summed E-state index contributed by atoms with van der Waals surface area (Å²) in [4.78, 5) is 41.9. The lowest BCUT2D eigenvalue weighted by atomic mass is 10.1. The van der Waals surface area contributed by atoms with E-state index in [0.29, 0.717) is 22.6 Å². The van der Waals surface area contributed by atoms with E-state index >= 15 is 0 Å². The van der Waals surface area contributed by atoms with Crippen molar-refractivity contribution >= 4 is 29.5 Å². The van der Waals surface area contributed by atoms with Crippen LogP contribution < -0.4 is 0 Å². The maximum Gasteiger partial charge on any atom is 0.343 e. The highest BCUT2D eigenvalue weighted by molar-refractivity contribution is 7.99. The van der Waals surface area contributed by atoms with Gasteiger partial charge in [0.1, 0.15) is 5.75 Å². The third-order valence-electron chi connectivity index (χ3n) is 4.58. The number of imide groups is 1. The number of hydrogen-bond acceptors (Lipinski definition) is 7. The fourth-order valence-electron chi connectivity index (χ4n) is 3.18. The molecule has 0 aliphatic carbocycles. The predicted octanol–water partition coefficient (Wildman–Crippen LogP) is 3.12. The van der Waals surface area contributed by atoms with Crippen molar-refractivity contribution in [1.82, 2.24) is 19.8 Å². The van der Waals surface area contributed by atoms with Crippen molar-refractivity contribution in [2.24, 2.45) is 0 Å². The molecule has 4 rings (SSSR count). The number of rotatable bonds is 6. The highest BCUT2D eigenvalue weighted by atomic mass is 32.2. The van der Waals surface area contributed by atoms with E-state index in [1.165, 1.54) is 12.1 Å². The van der Waals surface area contributed by atoms with Crippen molar-refractivity contribution in [3.05, 3.63) is 65.2 Å². The molecule has 0 atom stereocenters. The predicted molar refractivity (Wildman–Crippen MR) is 110 cm³/mol. The largest absolute Gasteiger partial charge is 0.343 e. The van der Waals surface area contributed by atoms with E-state index in [0.717, 1.165) is 22.9 Å². The zero-order valence-corrected chi connectivity index (χ0v) is 17.2. The zero-order chi connectivity index (χ0) is 21.3. The number of fused-ring (bicyclic) bond motifs is 1. The number of hydrogen-bond donors (Lipinski definition) is 0. The lowest BCUT2D eigenvalue weighted by Crippen LogP contribution is -2.33. The average Bonchev–Trinajstić information content (AvgIpc) is 3.27. The average molecular weight is 422 g/mol. The van der Waals surface area contributed by atoms with Crippen molar-refractivity contribution in [3.63, 3.8) is 0 Å². The van der Waals surface area contributed by atoms with E-state index in [-0.39, 0.29) is 16.9 Å². The van der Waals surface area contributed by atoms with Crippen molar-refractivity contribution in [3.8, 4) is 11.4 Å². The number of carbonyl (C=O) groups excluding carboxylic acids is 3. The van der Waals surface area contributed by atoms with Gasteiger partial charge in [-0.2, -0.15) is 0 Å². The molecule has 0 saturated carbocycles. The molecule has 0 unspecified atom stereocenters. The Balaban J connectivity index is 1.44. The van der Waals surface area contributed by atoms with Gasteiger partial charge in [-0.1, -0.05) is 52.7 Å². The molecule has 1 aliphatic rings. The van der Waals surface area contributed by atoms with Gasteiger partial charge in [-0.25, -0.2) is 4.79 Å². The number of nitrogens with zero attached hydrogens (tertiary/aromatic N) is 4. The van der Waals surface area contributed by atoms with Crippen molar-refractivity contribution in [1.29, 1.82) is 0 Å². The van der Waals surface area contributed by atoms with Crippen LogP contribution in [-0.4, -0.2) is 43.4 Å². The first kappa shape index (κ1) is 19.8. The second-order valence-electron chi connectivity index (χ2n) is 6.62.